The number of aromatic carboxylic acids is 1. The summed E-state index contributed by atoms with van der Waals surface area (Å²) in [5, 5.41) is 9.45. The highest BCUT2D eigenvalue weighted by Gasteiger charge is 2.43. The fourth-order valence-corrected chi connectivity index (χ4v) is 5.58. The molecule has 0 radical (unpaired) electrons. The van der Waals surface area contributed by atoms with Gasteiger partial charge in [-0.1, -0.05) is 25.6 Å². The summed E-state index contributed by atoms with van der Waals surface area (Å²) in [6.45, 7) is 15.3. The second-order valence-corrected chi connectivity index (χ2v) is 11.4. The number of halogens is 2. The molecular weight excluding hydrogens is 585 g/mol. The van der Waals surface area contributed by atoms with E-state index in [1.807, 2.05) is 26.8 Å². The van der Waals surface area contributed by atoms with E-state index in [0.29, 0.717) is 36.5 Å². The van der Waals surface area contributed by atoms with Crippen LogP contribution in [0.25, 0.3) is 5.57 Å². The maximum Gasteiger partial charge on any atom is 0.414 e. The average molecular weight is 629 g/mol. The summed E-state index contributed by atoms with van der Waals surface area (Å²) in [6, 6.07) is 7.47. The first kappa shape index (κ1) is 36.5. The molecule has 44 heavy (non-hydrogen) atoms. The van der Waals surface area contributed by atoms with E-state index in [2.05, 4.69) is 33.6 Å². The summed E-state index contributed by atoms with van der Waals surface area (Å²) in [6.07, 6.45) is 12.2. The molecule has 1 atom stereocenters. The number of piperidine rings is 1. The van der Waals surface area contributed by atoms with Crippen LogP contribution in [0.5, 0.6) is 0 Å². The normalized spacial score (nSPS) is 16.2. The van der Waals surface area contributed by atoms with Crippen LogP contribution in [0, 0.1) is 36.8 Å². The Morgan fingerprint density at radius 1 is 1.20 bits per heavy atom. The lowest BCUT2D eigenvalue weighted by molar-refractivity contribution is 0.0192. The fraction of sp³-hybridized carbons (Fsp3) is 0.412. The van der Waals surface area contributed by atoms with Crippen molar-refractivity contribution in [3.05, 3.63) is 77.1 Å². The number of likely N-dealkylation sites (tertiary alicyclic amines) is 1. The lowest BCUT2D eigenvalue weighted by Gasteiger charge is -2.46. The number of amides is 1. The molecule has 2 aromatic carbocycles. The van der Waals surface area contributed by atoms with Gasteiger partial charge < -0.3 is 14.6 Å². The van der Waals surface area contributed by atoms with E-state index in [-0.39, 0.29) is 16.3 Å². The summed E-state index contributed by atoms with van der Waals surface area (Å²) in [7, 11) is 2.28. The van der Waals surface area contributed by atoms with Crippen molar-refractivity contribution in [3.63, 3.8) is 0 Å². The van der Waals surface area contributed by atoms with Gasteiger partial charge in [0.15, 0.2) is 11.6 Å². The zero-order chi connectivity index (χ0) is 33.0. The van der Waals surface area contributed by atoms with Gasteiger partial charge in [-0.15, -0.1) is 22.1 Å². The highest BCUT2D eigenvalue weighted by atomic mass is 31.0. The van der Waals surface area contributed by atoms with Gasteiger partial charge >= 0.3 is 12.1 Å². The molecule has 10 heteroatoms. The smallest absolute Gasteiger partial charge is 0.414 e. The lowest BCUT2D eigenvalue weighted by atomic mass is 9.77. The molecule has 2 aliphatic heterocycles. The van der Waals surface area contributed by atoms with Gasteiger partial charge in [0.2, 0.25) is 0 Å². The predicted octanol–water partition coefficient (Wildman–Crippen LogP) is 6.81. The topological polar surface area (TPSA) is 79.3 Å². The number of terminal acetylenes is 1. The van der Waals surface area contributed by atoms with Gasteiger partial charge in [0, 0.05) is 30.2 Å². The van der Waals surface area contributed by atoms with Crippen molar-refractivity contribution < 1.29 is 33.0 Å². The van der Waals surface area contributed by atoms with Gasteiger partial charge in [0.05, 0.1) is 23.6 Å². The van der Waals surface area contributed by atoms with Gasteiger partial charge in [-0.3, -0.25) is 9.80 Å². The molecular formula is C34H43F2N2O5P. The molecule has 0 bridgehead atoms. The van der Waals surface area contributed by atoms with Crippen molar-refractivity contribution in [2.45, 2.75) is 47.0 Å². The van der Waals surface area contributed by atoms with Crippen molar-refractivity contribution in [3.8, 4) is 12.8 Å². The Kier molecular flexibility index (Phi) is 14.0. The molecule has 7 nitrogen and oxygen atoms in total. The van der Waals surface area contributed by atoms with E-state index in [0.717, 1.165) is 56.4 Å². The van der Waals surface area contributed by atoms with E-state index in [1.54, 1.807) is 30.0 Å². The third-order valence-corrected chi connectivity index (χ3v) is 8.39. The number of hydrogen-bond acceptors (Lipinski definition) is 5. The van der Waals surface area contributed by atoms with Crippen LogP contribution >= 0.6 is 9.24 Å². The van der Waals surface area contributed by atoms with E-state index >= 15 is 0 Å². The number of hydrogen-bond donors (Lipinski definition) is 1. The average Bonchev–Trinajstić information content (AvgIpc) is 3.02. The summed E-state index contributed by atoms with van der Waals surface area (Å²) >= 11 is 0. The van der Waals surface area contributed by atoms with E-state index in [1.165, 1.54) is 6.07 Å². The number of carboxylic acid groups (broad SMARTS) is 1. The zero-order valence-corrected chi connectivity index (χ0v) is 27.2. The molecule has 0 aliphatic carbocycles. The monoisotopic (exact) mass is 628 g/mol. The van der Waals surface area contributed by atoms with Crippen molar-refractivity contribution in [1.29, 1.82) is 0 Å². The summed E-state index contributed by atoms with van der Waals surface area (Å²) in [5.41, 5.74) is 2.94. The van der Waals surface area contributed by atoms with E-state index < -0.39 is 23.7 Å². The van der Waals surface area contributed by atoms with Crippen LogP contribution in [0.1, 0.15) is 61.5 Å². The van der Waals surface area contributed by atoms with Crippen LogP contribution < -0.4 is 10.2 Å². The Hall–Kier alpha value is -3.73. The number of cyclic esters (lactones) is 1. The van der Waals surface area contributed by atoms with Crippen LogP contribution in [0.4, 0.5) is 19.3 Å². The first-order chi connectivity index (χ1) is 20.9. The Bertz CT molecular complexity index is 1380. The van der Waals surface area contributed by atoms with Gasteiger partial charge in [-0.25, -0.2) is 18.4 Å². The molecule has 2 fully saturated rings. The molecule has 4 rings (SSSR count). The molecule has 1 unspecified atom stereocenters. The first-order valence-corrected chi connectivity index (χ1v) is 15.0. The molecule has 238 valence electrons. The van der Waals surface area contributed by atoms with Gasteiger partial charge in [0.1, 0.15) is 6.61 Å². The number of carbonyl (C=O) groups is 2. The summed E-state index contributed by atoms with van der Waals surface area (Å²) in [4.78, 5) is 27.7. The third-order valence-electron chi connectivity index (χ3n) is 7.82. The zero-order valence-electron chi connectivity index (χ0n) is 26.0. The van der Waals surface area contributed by atoms with Crippen molar-refractivity contribution in [2.75, 3.05) is 44.3 Å². The van der Waals surface area contributed by atoms with Gasteiger partial charge in [-0.2, -0.15) is 0 Å². The number of carboxylic acids is 1. The molecule has 1 amide bonds. The number of allylic oxidation sites excluding steroid dienone is 2. The minimum Gasteiger partial charge on any atom is -0.499 e. The highest BCUT2D eigenvalue weighted by Crippen LogP contribution is 2.38. The van der Waals surface area contributed by atoms with E-state index in [9.17, 15) is 23.5 Å². The summed E-state index contributed by atoms with van der Waals surface area (Å²) < 4.78 is 37.9. The largest absolute Gasteiger partial charge is 0.499 e. The Balaban J connectivity index is 0.000000661. The van der Waals surface area contributed by atoms with Crippen LogP contribution in [0.2, 0.25) is 0 Å². The molecule has 2 aliphatic rings. The molecule has 1 spiro atoms. The van der Waals surface area contributed by atoms with Crippen LogP contribution in [-0.4, -0.2) is 61.5 Å². The number of nitrogens with zero attached hydrogens (tertiary/aromatic N) is 2. The second-order valence-electron chi connectivity index (χ2n) is 10.8. The minimum absolute atomic E-state index is 0.172. The van der Waals surface area contributed by atoms with Crippen LogP contribution in [0.15, 0.2) is 48.7 Å². The Morgan fingerprint density at radius 2 is 1.86 bits per heavy atom. The highest BCUT2D eigenvalue weighted by molar-refractivity contribution is 7.27. The number of anilines is 1. The molecule has 2 aromatic rings. The van der Waals surface area contributed by atoms with Gasteiger partial charge in [0.25, 0.3) is 0 Å². The number of carbonyl (C=O) groups excluding carboxylic acids is 1. The Morgan fingerprint density at radius 3 is 2.41 bits per heavy atom. The quantitative estimate of drug-likeness (QED) is 0.197. The molecule has 2 heterocycles. The third kappa shape index (κ3) is 9.38. The van der Waals surface area contributed by atoms with Crippen LogP contribution in [-0.2, 0) is 9.47 Å². The Labute approximate surface area is 262 Å². The van der Waals surface area contributed by atoms with Crippen LogP contribution in [0.3, 0.4) is 0 Å². The van der Waals surface area contributed by atoms with Crippen molar-refractivity contribution in [1.82, 2.24) is 4.90 Å². The predicted molar refractivity (Wildman–Crippen MR) is 175 cm³/mol. The number of rotatable bonds is 8. The van der Waals surface area contributed by atoms with Gasteiger partial charge in [-0.05, 0) is 87.7 Å². The van der Waals surface area contributed by atoms with Crippen molar-refractivity contribution in [2.24, 2.45) is 5.41 Å². The second kappa shape index (κ2) is 16.9. The SMILES string of the molecule is C#C.C/C(=C/CN1CCC2(CC1)COC(=O)N(c1ccc(C(=O)O)cc1C)C2)c1ccc(F)c(F)c1P.C=C(CC)OCC. The molecule has 0 aromatic heterocycles. The van der Waals surface area contributed by atoms with Crippen molar-refractivity contribution >= 4 is 37.9 Å². The molecule has 0 saturated carbocycles. The summed E-state index contributed by atoms with van der Waals surface area (Å²) in [5.74, 6) is -1.83. The maximum atomic E-state index is 13.9. The first-order valence-electron chi connectivity index (χ1n) is 14.5. The number of benzene rings is 2. The standard InChI is InChI=1S/C26H29F2N2O4P.C6H12O.C2H2/c1-16(19-4-5-20(27)22(28)23(19)35)7-10-29-11-8-26(9-12-29)14-30(25(33)34-15-26)21-6-3-18(24(31)32)13-17(21)2;1-4-6(3)7-5-2;1-2/h3-7,13H,8-12,14-15,35H2,1-2H3,(H,31,32);3-5H2,1-2H3;1-2H/b16-7-;;. The minimum atomic E-state index is -1.01. The number of ether oxygens (including phenoxy) is 2. The lowest BCUT2D eigenvalue weighted by Crippen LogP contribution is -2.54. The number of aryl methyl sites for hydroxylation is 1. The van der Waals surface area contributed by atoms with E-state index in [4.69, 9.17) is 9.47 Å². The molecule has 1 N–H and O–H groups in total. The molecule has 2 saturated heterocycles. The fourth-order valence-electron chi connectivity index (χ4n) is 5.12. The maximum absolute atomic E-state index is 13.9.